The van der Waals surface area contributed by atoms with Gasteiger partial charge in [-0.15, -0.1) is 0 Å². The maximum atomic E-state index is 14.0. The van der Waals surface area contributed by atoms with E-state index < -0.39 is 23.3 Å². The topological polar surface area (TPSA) is 0 Å². The first-order valence-corrected chi connectivity index (χ1v) is 55.4. The lowest BCUT2D eigenvalue weighted by Crippen LogP contribution is -2.00. The zero-order valence-corrected chi connectivity index (χ0v) is 94.3. The molecule has 0 aliphatic rings. The second-order valence-electron chi connectivity index (χ2n) is 39.6. The molecule has 4 heteroatoms. The van der Waals surface area contributed by atoms with E-state index in [1.165, 1.54) is 246 Å². The monoisotopic (exact) mass is 1990 g/mol. The third-order valence-electron chi connectivity index (χ3n) is 29.7. The summed E-state index contributed by atoms with van der Waals surface area (Å²) < 4.78 is 55.4. The van der Waals surface area contributed by atoms with Crippen LogP contribution in [-0.4, -0.2) is 0 Å². The minimum Gasteiger partial charge on any atom is -0.203 e. The van der Waals surface area contributed by atoms with Crippen molar-refractivity contribution >= 4 is 10.8 Å². The van der Waals surface area contributed by atoms with Crippen LogP contribution in [0.3, 0.4) is 0 Å². The predicted octanol–water partition coefficient (Wildman–Crippen LogP) is 41.7. The molecule has 0 radical (unpaired) electrons. The Morgan fingerprint density at radius 2 is 0.300 bits per heavy atom. The molecule has 150 heavy (non-hydrogen) atoms. The summed E-state index contributed by atoms with van der Waals surface area (Å²) in [7, 11) is 0. The summed E-state index contributed by atoms with van der Waals surface area (Å²) in [6.07, 6.45) is 16.1. The Labute approximate surface area is 899 Å². The van der Waals surface area contributed by atoms with Gasteiger partial charge in [-0.25, -0.2) is 17.6 Å². The average Bonchev–Trinajstić information content (AvgIpc) is 0.786. The molecular weight excluding hydrogens is 1830 g/mol. The molecule has 0 unspecified atom stereocenters. The van der Waals surface area contributed by atoms with Gasteiger partial charge < -0.3 is 0 Å². The molecule has 0 fully saturated rings. The van der Waals surface area contributed by atoms with Gasteiger partial charge in [-0.3, -0.25) is 0 Å². The van der Waals surface area contributed by atoms with Gasteiger partial charge in [0.15, 0.2) is 23.3 Å². The minimum absolute atomic E-state index is 0.206. The van der Waals surface area contributed by atoms with E-state index >= 15 is 0 Å². The lowest BCUT2D eigenvalue weighted by atomic mass is 9.93. The Hall–Kier alpha value is -14.1. The van der Waals surface area contributed by atoms with E-state index in [1.54, 1.807) is 13.8 Å². The quantitative estimate of drug-likeness (QED) is 0.0500. The van der Waals surface area contributed by atoms with Gasteiger partial charge in [0.1, 0.15) is 0 Å². The fraction of sp³-hybridized carbons (Fsp3) is 0.274. The number of hydrogen-bond acceptors (Lipinski definition) is 0. The van der Waals surface area contributed by atoms with Crippen LogP contribution in [0.2, 0.25) is 0 Å². The summed E-state index contributed by atoms with van der Waals surface area (Å²) in [6, 6.07) is 126. The molecule has 18 aromatic carbocycles. The summed E-state index contributed by atoms with van der Waals surface area (Å²) >= 11 is 0. The van der Waals surface area contributed by atoms with Crippen LogP contribution in [0.1, 0.15) is 244 Å². The first-order valence-electron chi connectivity index (χ1n) is 55.4. The molecule has 0 spiro atoms. The highest BCUT2D eigenvalue weighted by Gasteiger charge is 2.21. The molecule has 18 rings (SSSR count). The van der Waals surface area contributed by atoms with Crippen LogP contribution in [0.4, 0.5) is 17.6 Å². The number of aryl methyl sites for hydroxylation is 24. The van der Waals surface area contributed by atoms with Gasteiger partial charge in [0.05, 0.1) is 0 Å². The first-order chi connectivity index (χ1) is 72.5. The third kappa shape index (κ3) is 31.5. The molecule has 0 saturated carbocycles. The van der Waals surface area contributed by atoms with Crippen LogP contribution in [0.25, 0.3) is 111 Å². The molecule has 18 aromatic rings. The zero-order valence-electron chi connectivity index (χ0n) is 94.3. The fourth-order valence-corrected chi connectivity index (χ4v) is 19.5. The van der Waals surface area contributed by atoms with Gasteiger partial charge in [-0.2, -0.15) is 0 Å². The van der Waals surface area contributed by atoms with Crippen molar-refractivity contribution in [1.82, 2.24) is 0 Å². The standard InChI is InChI=1S/C22H22.C20H20.3C18H22.2C17H20.C16H14F4/c1-3-17-5-9-19(10-6-17)21-13-15-22(16-14-21)20-11-7-18(4-2)8-12-20;1-3-15-5-8-17(9-6-15)19-12-11-18-13-16(4-2)7-10-20(18)14-19;1-5-15-7-10-18(14(4)11-15)17-9-8-16(6-2)13(3)12-17;1-5-15-7-9-17(11-13(15)3)18-10-8-16(6-2)14(4)12-18;1-5-15-7-9-17(13(3)11-15)18-10-8-16(6-2)12-14(18)4;1-4-14-6-9-16(10-7-14)17-11-8-15(5-2)12-13(17)3;1-4-14-6-8-16(9-7-14)17-11-10-15(5-2)13(3)12-17;1-3-9-5-7-11(15(19)13(9)17)12-8-6-10(4-2)14(18)16(12)20/h5-16H,3-4H2,1-2H3;5-14H,3-4H2,1-2H3;3*7-12H,5-6H2,1-4H3;2*6-12H,4-5H2,1-3H3;5-8H,3-4H2,1-2H3. The molecule has 0 saturated heterocycles. The zero-order chi connectivity index (χ0) is 108. The molecule has 774 valence electrons. The number of fused-ring (bicyclic) bond motifs is 1. The summed E-state index contributed by atoms with van der Waals surface area (Å²) in [5.74, 6) is -4.31. The number of halogens is 4. The predicted molar refractivity (Wildman–Crippen MR) is 646 cm³/mol. The lowest BCUT2D eigenvalue weighted by Gasteiger charge is -2.12. The second kappa shape index (κ2) is 58.2. The van der Waals surface area contributed by atoms with Crippen molar-refractivity contribution in [3.05, 3.63) is 509 Å². The van der Waals surface area contributed by atoms with Gasteiger partial charge >= 0.3 is 0 Å². The highest BCUT2D eigenvalue weighted by Crippen LogP contribution is 2.37. The van der Waals surface area contributed by atoms with Crippen molar-refractivity contribution < 1.29 is 17.6 Å². The van der Waals surface area contributed by atoms with Gasteiger partial charge in [-0.05, 0) is 397 Å². The first kappa shape index (κ1) is 116. The normalized spacial score (nSPS) is 10.7. The van der Waals surface area contributed by atoms with Crippen molar-refractivity contribution in [1.29, 1.82) is 0 Å². The fourth-order valence-electron chi connectivity index (χ4n) is 19.5. The highest BCUT2D eigenvalue weighted by atomic mass is 19.2. The maximum Gasteiger partial charge on any atom is 0.167 e. The third-order valence-corrected chi connectivity index (χ3v) is 29.7. The van der Waals surface area contributed by atoms with Crippen molar-refractivity contribution in [2.75, 3.05) is 0 Å². The van der Waals surface area contributed by atoms with Gasteiger partial charge in [0, 0.05) is 11.1 Å². The van der Waals surface area contributed by atoms with Crippen LogP contribution in [0.15, 0.2) is 352 Å². The summed E-state index contributed by atoms with van der Waals surface area (Å²) in [4.78, 5) is 0. The van der Waals surface area contributed by atoms with Crippen molar-refractivity contribution in [2.24, 2.45) is 0 Å². The Morgan fingerprint density at radius 1 is 0.120 bits per heavy atom. The highest BCUT2D eigenvalue weighted by molar-refractivity contribution is 5.88. The molecule has 0 N–H and O–H groups in total. The van der Waals surface area contributed by atoms with E-state index in [4.69, 9.17) is 0 Å². The molecule has 0 nitrogen and oxygen atoms in total. The van der Waals surface area contributed by atoms with E-state index in [9.17, 15) is 17.6 Å². The second-order valence-corrected chi connectivity index (χ2v) is 39.6. The van der Waals surface area contributed by atoms with Gasteiger partial charge in [-0.1, -0.05) is 457 Å². The van der Waals surface area contributed by atoms with E-state index in [2.05, 4.69) is 480 Å². The Bertz CT molecular complexity index is 7140. The number of benzene rings is 18. The van der Waals surface area contributed by atoms with Crippen molar-refractivity contribution in [3.63, 3.8) is 0 Å². The molecule has 0 aliphatic heterocycles. The largest absolute Gasteiger partial charge is 0.203 e. The van der Waals surface area contributed by atoms with Crippen LogP contribution < -0.4 is 0 Å². The van der Waals surface area contributed by atoms with Crippen molar-refractivity contribution in [2.45, 2.75) is 269 Å². The summed E-state index contributed by atoms with van der Waals surface area (Å²) in [5.41, 5.74) is 51.9. The summed E-state index contributed by atoms with van der Waals surface area (Å²) in [6.45, 7) is 51.8. The molecular formula is C146H162F4. The smallest absolute Gasteiger partial charge is 0.167 e. The number of hydrogen-bond donors (Lipinski definition) is 0. The van der Waals surface area contributed by atoms with E-state index in [1.807, 2.05) is 0 Å². The van der Waals surface area contributed by atoms with Gasteiger partial charge in [0.25, 0.3) is 0 Å². The van der Waals surface area contributed by atoms with Crippen LogP contribution in [0, 0.1) is 78.7 Å². The van der Waals surface area contributed by atoms with E-state index in [0.717, 1.165) is 89.9 Å². The lowest BCUT2D eigenvalue weighted by molar-refractivity contribution is 0.493. The van der Waals surface area contributed by atoms with E-state index in [-0.39, 0.29) is 22.3 Å². The molecule has 0 heterocycles. The minimum atomic E-state index is -1.15. The van der Waals surface area contributed by atoms with Gasteiger partial charge in [0.2, 0.25) is 0 Å². The summed E-state index contributed by atoms with van der Waals surface area (Å²) in [5, 5.41) is 2.65. The Morgan fingerprint density at radius 3 is 0.573 bits per heavy atom. The van der Waals surface area contributed by atoms with E-state index in [0.29, 0.717) is 12.8 Å². The molecule has 0 aromatic heterocycles. The molecule has 0 atom stereocenters. The Balaban J connectivity index is 0.000000163. The van der Waals surface area contributed by atoms with Crippen LogP contribution in [-0.2, 0) is 103 Å². The van der Waals surface area contributed by atoms with Crippen molar-refractivity contribution in [3.8, 4) is 100 Å². The molecule has 0 bridgehead atoms. The average molecular weight is 1990 g/mol. The Kier molecular flexibility index (Phi) is 45.1. The molecule has 0 amide bonds. The SMILES string of the molecule is CCc1ccc(-c2ccc(-c3ccc(CC)cc3)cc2)cc1.CCc1ccc(-c2ccc(CC)c(C)c2)c(C)c1.CCc1ccc(-c2ccc(CC)c(C)c2)cc1.CCc1ccc(-c2ccc(CC)c(C)c2)cc1C.CCc1ccc(-c2ccc(CC)c(F)c2F)c(F)c1F.CCc1ccc(-c2ccc(CC)cc2C)c(C)c1.CCc1ccc(-c2ccc(CC)cc2C)cc1.CCc1ccc(-c2ccc3cc(CC)ccc3c2)cc1. The number of rotatable bonds is 25. The van der Waals surface area contributed by atoms with Crippen LogP contribution in [0.5, 0.6) is 0 Å². The molecule has 0 aliphatic carbocycles. The maximum absolute atomic E-state index is 14.0. The van der Waals surface area contributed by atoms with Crippen LogP contribution >= 0.6 is 0 Å².